The molecule has 1 aromatic rings. The van der Waals surface area contributed by atoms with Gasteiger partial charge in [-0.3, -0.25) is 0 Å². The van der Waals surface area contributed by atoms with E-state index in [1.165, 1.54) is 31.2 Å². The van der Waals surface area contributed by atoms with Gasteiger partial charge in [0.25, 0.3) is 0 Å². The summed E-state index contributed by atoms with van der Waals surface area (Å²) in [6.45, 7) is 4.72. The van der Waals surface area contributed by atoms with E-state index in [0.717, 1.165) is 10.9 Å². The summed E-state index contributed by atoms with van der Waals surface area (Å²) in [7, 11) is 0. The fraction of sp³-hybridized carbons (Fsp3) is 0.647. The molecule has 3 atom stereocenters. The van der Waals surface area contributed by atoms with Gasteiger partial charge >= 0.3 is 0 Å². The van der Waals surface area contributed by atoms with Crippen LogP contribution in [0.5, 0.6) is 0 Å². The van der Waals surface area contributed by atoms with Crippen molar-refractivity contribution in [2.75, 3.05) is 0 Å². The first kappa shape index (κ1) is 13.0. The molecule has 2 saturated carbocycles. The fourth-order valence-corrected chi connectivity index (χ4v) is 5.61. The molecule has 2 fully saturated rings. The van der Waals surface area contributed by atoms with Crippen LogP contribution in [0.3, 0.4) is 0 Å². The molecule has 2 nitrogen and oxygen atoms in total. The van der Waals surface area contributed by atoms with Crippen LogP contribution in [-0.2, 0) is 0 Å². The maximum absolute atomic E-state index is 4.84. The van der Waals surface area contributed by atoms with Crippen LogP contribution in [0.15, 0.2) is 39.0 Å². The van der Waals surface area contributed by atoms with Crippen molar-refractivity contribution in [3.8, 4) is 0 Å². The van der Waals surface area contributed by atoms with Crippen LogP contribution in [0.4, 0.5) is 0 Å². The molecule has 2 bridgehead atoms. The summed E-state index contributed by atoms with van der Waals surface area (Å²) in [6.07, 6.45) is 6.47. The first-order chi connectivity index (χ1) is 9.51. The molecule has 0 unspecified atom stereocenters. The number of azo groups is 1. The lowest BCUT2D eigenvalue weighted by Gasteiger charge is -2.40. The van der Waals surface area contributed by atoms with Gasteiger partial charge in [-0.25, -0.2) is 0 Å². The van der Waals surface area contributed by atoms with Crippen molar-refractivity contribution in [3.63, 3.8) is 0 Å². The molecule has 4 rings (SSSR count). The molecule has 1 heterocycles. The van der Waals surface area contributed by atoms with Gasteiger partial charge in [-0.05, 0) is 50.8 Å². The smallest absolute Gasteiger partial charge is 0.0936 e. The van der Waals surface area contributed by atoms with Gasteiger partial charge in [-0.1, -0.05) is 40.9 Å². The van der Waals surface area contributed by atoms with Gasteiger partial charge in [-0.2, -0.15) is 10.2 Å². The van der Waals surface area contributed by atoms with Crippen molar-refractivity contribution >= 4 is 15.9 Å². The van der Waals surface area contributed by atoms with Gasteiger partial charge in [0, 0.05) is 15.8 Å². The van der Waals surface area contributed by atoms with E-state index >= 15 is 0 Å². The lowest BCUT2D eigenvalue weighted by molar-refractivity contribution is 0.145. The van der Waals surface area contributed by atoms with E-state index in [4.69, 9.17) is 10.2 Å². The van der Waals surface area contributed by atoms with Crippen molar-refractivity contribution in [1.29, 1.82) is 0 Å². The number of hydrogen-bond acceptors (Lipinski definition) is 2. The Bertz CT molecular complexity index is 573. The largest absolute Gasteiger partial charge is 0.186 e. The molecule has 3 aliphatic rings. The summed E-state index contributed by atoms with van der Waals surface area (Å²) in [5.74, 6) is 0.524. The topological polar surface area (TPSA) is 24.7 Å². The second kappa shape index (κ2) is 3.94. The second-order valence-corrected chi connectivity index (χ2v) is 8.13. The Labute approximate surface area is 129 Å². The van der Waals surface area contributed by atoms with Crippen LogP contribution < -0.4 is 0 Å². The quantitative estimate of drug-likeness (QED) is 0.650. The third kappa shape index (κ3) is 1.35. The molecule has 1 aliphatic heterocycles. The van der Waals surface area contributed by atoms with Gasteiger partial charge < -0.3 is 0 Å². The molecular weight excluding hydrogens is 312 g/mol. The monoisotopic (exact) mass is 332 g/mol. The van der Waals surface area contributed by atoms with Crippen LogP contribution in [0.25, 0.3) is 0 Å². The zero-order valence-electron chi connectivity index (χ0n) is 12.2. The number of benzene rings is 1. The van der Waals surface area contributed by atoms with E-state index < -0.39 is 0 Å². The van der Waals surface area contributed by atoms with E-state index in [0.29, 0.717) is 11.3 Å². The first-order valence-electron chi connectivity index (χ1n) is 7.70. The van der Waals surface area contributed by atoms with E-state index in [1.807, 2.05) is 0 Å². The third-order valence-electron chi connectivity index (χ3n) is 6.49. The Hall–Kier alpha value is -0.700. The number of rotatable bonds is 1. The second-order valence-electron chi connectivity index (χ2n) is 7.22. The normalized spacial score (nSPS) is 40.9. The van der Waals surface area contributed by atoms with Gasteiger partial charge in [0.05, 0.1) is 11.1 Å². The van der Waals surface area contributed by atoms with Crippen molar-refractivity contribution in [2.24, 2.45) is 15.6 Å². The molecule has 0 amide bonds. The average Bonchev–Trinajstić information content (AvgIpc) is 3.06. The summed E-state index contributed by atoms with van der Waals surface area (Å²) in [5, 5.41) is 9.59. The molecule has 2 aliphatic carbocycles. The molecular formula is C17H21BrN2. The van der Waals surface area contributed by atoms with Crippen molar-refractivity contribution in [2.45, 2.75) is 62.9 Å². The zero-order valence-corrected chi connectivity index (χ0v) is 13.8. The van der Waals surface area contributed by atoms with E-state index in [9.17, 15) is 0 Å². The highest BCUT2D eigenvalue weighted by Gasteiger charge is 2.72. The third-order valence-corrected chi connectivity index (χ3v) is 7.02. The van der Waals surface area contributed by atoms with Crippen molar-refractivity contribution in [1.82, 2.24) is 0 Å². The van der Waals surface area contributed by atoms with Crippen LogP contribution in [0, 0.1) is 5.41 Å². The first-order valence-corrected chi connectivity index (χ1v) is 8.50. The summed E-state index contributed by atoms with van der Waals surface area (Å²) in [6, 6.07) is 8.85. The molecule has 106 valence electrons. The number of hydrogen-bond donors (Lipinski definition) is 0. The van der Waals surface area contributed by atoms with Crippen molar-refractivity contribution in [3.05, 3.63) is 34.3 Å². The summed E-state index contributed by atoms with van der Waals surface area (Å²) < 4.78 is 1.15. The maximum atomic E-state index is 4.84. The van der Waals surface area contributed by atoms with Crippen LogP contribution in [0.2, 0.25) is 0 Å². The van der Waals surface area contributed by atoms with E-state index in [2.05, 4.69) is 54.0 Å². The predicted octanol–water partition coefficient (Wildman–Crippen LogP) is 5.48. The molecule has 0 aromatic heterocycles. The fourth-order valence-electron chi connectivity index (χ4n) is 5.35. The molecule has 0 radical (unpaired) electrons. The van der Waals surface area contributed by atoms with Gasteiger partial charge in [0.1, 0.15) is 0 Å². The highest BCUT2D eigenvalue weighted by molar-refractivity contribution is 9.10. The highest BCUT2D eigenvalue weighted by Crippen LogP contribution is 2.72. The lowest BCUT2D eigenvalue weighted by Crippen LogP contribution is -2.45. The molecule has 3 heteroatoms. The summed E-state index contributed by atoms with van der Waals surface area (Å²) in [5.41, 5.74) is 1.82. The molecule has 20 heavy (non-hydrogen) atoms. The van der Waals surface area contributed by atoms with Crippen LogP contribution >= 0.6 is 15.9 Å². The number of nitrogens with zero attached hydrogens (tertiary/aromatic N) is 2. The van der Waals surface area contributed by atoms with Crippen molar-refractivity contribution < 1.29 is 0 Å². The van der Waals surface area contributed by atoms with E-state index in [-0.39, 0.29) is 11.1 Å². The Morgan fingerprint density at radius 3 is 2.35 bits per heavy atom. The summed E-state index contributed by atoms with van der Waals surface area (Å²) >= 11 is 3.54. The van der Waals surface area contributed by atoms with Crippen LogP contribution in [0.1, 0.15) is 57.4 Å². The Balaban J connectivity index is 1.81. The average molecular weight is 333 g/mol. The summed E-state index contributed by atoms with van der Waals surface area (Å²) in [4.78, 5) is 0. The Morgan fingerprint density at radius 2 is 1.70 bits per heavy atom. The molecule has 0 saturated heterocycles. The van der Waals surface area contributed by atoms with Gasteiger partial charge in [-0.15, -0.1) is 0 Å². The van der Waals surface area contributed by atoms with Crippen LogP contribution in [-0.4, -0.2) is 11.1 Å². The molecule has 1 spiro atoms. The number of halogens is 1. The maximum Gasteiger partial charge on any atom is 0.0936 e. The van der Waals surface area contributed by atoms with Gasteiger partial charge in [0.15, 0.2) is 0 Å². The van der Waals surface area contributed by atoms with Gasteiger partial charge in [0.2, 0.25) is 0 Å². The Kier molecular flexibility index (Phi) is 2.56. The SMILES string of the molecule is C[C@@]12C[C@@H](c3ccc(Br)cc3)[C@@](C)(N=N1)C21CCCC1. The lowest BCUT2D eigenvalue weighted by atomic mass is 9.64. The minimum atomic E-state index is 0.00603. The minimum absolute atomic E-state index is 0.00603. The zero-order chi connectivity index (χ0) is 14.0. The Morgan fingerprint density at radius 1 is 1.05 bits per heavy atom. The van der Waals surface area contributed by atoms with E-state index in [1.54, 1.807) is 0 Å². The standard InChI is InChI=1S/C17H21BrN2/c1-15-11-14(12-5-7-13(18)8-6-12)16(2,20-19-15)17(15)9-3-4-10-17/h5-8,14H,3-4,9-11H2,1-2H3/t14-,15-,16+/m0/s1. The highest BCUT2D eigenvalue weighted by atomic mass is 79.9. The molecule has 1 aromatic carbocycles. The predicted molar refractivity (Wildman–Crippen MR) is 84.1 cm³/mol. The molecule has 0 N–H and O–H groups in total. The minimum Gasteiger partial charge on any atom is -0.186 e.